The maximum atomic E-state index is 5.97. The third-order valence-corrected chi connectivity index (χ3v) is 2.62. The summed E-state index contributed by atoms with van der Waals surface area (Å²) in [6.45, 7) is 0. The first kappa shape index (κ1) is 8.78. The Balaban J connectivity index is 2.72. The number of benzene rings is 1. The van der Waals surface area contributed by atoms with Gasteiger partial charge in [0.25, 0.3) is 0 Å². The molecule has 66 valence electrons. The number of aromatic nitrogens is 2. The van der Waals surface area contributed by atoms with E-state index in [1.807, 2.05) is 24.5 Å². The van der Waals surface area contributed by atoms with Crippen LogP contribution in [0.1, 0.15) is 0 Å². The van der Waals surface area contributed by atoms with Crippen molar-refractivity contribution in [2.45, 2.75) is 5.16 Å². The van der Waals surface area contributed by atoms with E-state index in [1.54, 1.807) is 6.20 Å². The summed E-state index contributed by atoms with van der Waals surface area (Å²) in [7, 11) is 0. The summed E-state index contributed by atoms with van der Waals surface area (Å²) in [5.41, 5.74) is 0.895. The van der Waals surface area contributed by atoms with Crippen LogP contribution in [0.2, 0.25) is 5.02 Å². The fourth-order valence-electron chi connectivity index (χ4n) is 1.10. The molecule has 2 aromatic rings. The summed E-state index contributed by atoms with van der Waals surface area (Å²) in [5.74, 6) is 0. The van der Waals surface area contributed by atoms with E-state index in [9.17, 15) is 0 Å². The summed E-state index contributed by atoms with van der Waals surface area (Å²) in [4.78, 5) is 8.48. The molecule has 0 unspecified atom stereocenters. The van der Waals surface area contributed by atoms with Crippen LogP contribution in [-0.2, 0) is 0 Å². The summed E-state index contributed by atoms with van der Waals surface area (Å²) in [6.07, 6.45) is 3.71. The fraction of sp³-hybridized carbons (Fsp3) is 0.111. The van der Waals surface area contributed by atoms with Gasteiger partial charge >= 0.3 is 0 Å². The highest BCUT2D eigenvalue weighted by Crippen LogP contribution is 2.22. The van der Waals surface area contributed by atoms with Crippen LogP contribution >= 0.6 is 23.4 Å². The molecule has 1 aromatic carbocycles. The van der Waals surface area contributed by atoms with Crippen molar-refractivity contribution >= 4 is 34.3 Å². The van der Waals surface area contributed by atoms with E-state index < -0.39 is 0 Å². The lowest BCUT2D eigenvalue weighted by Crippen LogP contribution is -1.86. The Kier molecular flexibility index (Phi) is 2.38. The molecule has 0 spiro atoms. The molecular formula is C9H7ClN2S. The molecule has 0 saturated heterocycles. The van der Waals surface area contributed by atoms with Gasteiger partial charge in [-0.1, -0.05) is 29.4 Å². The van der Waals surface area contributed by atoms with Crippen molar-refractivity contribution < 1.29 is 0 Å². The van der Waals surface area contributed by atoms with Crippen LogP contribution in [0.25, 0.3) is 10.9 Å². The number of hydrogen-bond donors (Lipinski definition) is 0. The van der Waals surface area contributed by atoms with Crippen molar-refractivity contribution in [3.63, 3.8) is 0 Å². The van der Waals surface area contributed by atoms with Gasteiger partial charge in [-0.2, -0.15) is 0 Å². The summed E-state index contributed by atoms with van der Waals surface area (Å²) < 4.78 is 0. The Labute approximate surface area is 85.3 Å². The number of hydrogen-bond acceptors (Lipinski definition) is 3. The topological polar surface area (TPSA) is 25.8 Å². The third kappa shape index (κ3) is 1.62. The van der Waals surface area contributed by atoms with Gasteiger partial charge in [-0.3, -0.25) is 0 Å². The molecule has 13 heavy (non-hydrogen) atoms. The molecule has 0 atom stereocenters. The summed E-state index contributed by atoms with van der Waals surface area (Å²) in [5, 5.41) is 2.38. The smallest absolute Gasteiger partial charge is 0.187 e. The van der Waals surface area contributed by atoms with Crippen LogP contribution in [0.15, 0.2) is 29.6 Å². The average molecular weight is 211 g/mol. The summed E-state index contributed by atoms with van der Waals surface area (Å²) in [6, 6.07) is 5.66. The predicted molar refractivity (Wildman–Crippen MR) is 56.3 cm³/mol. The van der Waals surface area contributed by atoms with Crippen LogP contribution in [0.3, 0.4) is 0 Å². The van der Waals surface area contributed by atoms with E-state index in [0.717, 1.165) is 16.1 Å². The molecule has 0 aliphatic rings. The van der Waals surface area contributed by atoms with E-state index >= 15 is 0 Å². The molecule has 2 rings (SSSR count). The molecule has 4 heteroatoms. The van der Waals surface area contributed by atoms with Crippen LogP contribution in [0, 0.1) is 0 Å². The van der Waals surface area contributed by atoms with Crippen molar-refractivity contribution in [3.8, 4) is 0 Å². The van der Waals surface area contributed by atoms with Gasteiger partial charge in [-0.15, -0.1) is 0 Å². The lowest BCUT2D eigenvalue weighted by atomic mass is 10.2. The average Bonchev–Trinajstić information content (AvgIpc) is 2.18. The maximum absolute atomic E-state index is 5.97. The zero-order chi connectivity index (χ0) is 9.26. The highest BCUT2D eigenvalue weighted by molar-refractivity contribution is 7.98. The first-order valence-electron chi connectivity index (χ1n) is 3.76. The number of rotatable bonds is 1. The summed E-state index contributed by atoms with van der Waals surface area (Å²) >= 11 is 7.49. The van der Waals surface area contributed by atoms with Gasteiger partial charge in [-0.05, 0) is 18.4 Å². The van der Waals surface area contributed by atoms with E-state index in [1.165, 1.54) is 11.8 Å². The minimum absolute atomic E-state index is 0.699. The molecule has 0 aliphatic carbocycles. The van der Waals surface area contributed by atoms with Gasteiger partial charge in [0.05, 0.1) is 10.5 Å². The van der Waals surface area contributed by atoms with Gasteiger partial charge in [-0.25, -0.2) is 9.97 Å². The van der Waals surface area contributed by atoms with Crippen LogP contribution in [0.5, 0.6) is 0 Å². The largest absolute Gasteiger partial charge is 0.230 e. The molecule has 1 heterocycles. The predicted octanol–water partition coefficient (Wildman–Crippen LogP) is 3.01. The van der Waals surface area contributed by atoms with E-state index in [-0.39, 0.29) is 0 Å². The molecule has 0 N–H and O–H groups in total. The van der Waals surface area contributed by atoms with Gasteiger partial charge in [0.15, 0.2) is 5.16 Å². The number of halogens is 1. The van der Waals surface area contributed by atoms with E-state index in [4.69, 9.17) is 11.6 Å². The molecule has 0 aliphatic heterocycles. The number of fused-ring (bicyclic) bond motifs is 1. The highest BCUT2D eigenvalue weighted by Gasteiger charge is 2.00. The Morgan fingerprint density at radius 2 is 2.23 bits per heavy atom. The fourth-order valence-corrected chi connectivity index (χ4v) is 1.67. The maximum Gasteiger partial charge on any atom is 0.187 e. The SMILES string of the molecule is CSc1ncc2c(Cl)cccc2n1. The Morgan fingerprint density at radius 1 is 1.38 bits per heavy atom. The normalized spacial score (nSPS) is 10.6. The Hall–Kier alpha value is -0.800. The standard InChI is InChI=1S/C9H7ClN2S/c1-13-9-11-5-6-7(10)3-2-4-8(6)12-9/h2-5H,1H3. The molecule has 1 aromatic heterocycles. The zero-order valence-electron chi connectivity index (χ0n) is 6.99. The second kappa shape index (κ2) is 3.52. The molecular weight excluding hydrogens is 204 g/mol. The molecule has 2 nitrogen and oxygen atoms in total. The van der Waals surface area contributed by atoms with Crippen molar-refractivity contribution in [2.75, 3.05) is 6.26 Å². The first-order chi connectivity index (χ1) is 6.31. The van der Waals surface area contributed by atoms with Crippen molar-refractivity contribution in [1.29, 1.82) is 0 Å². The van der Waals surface area contributed by atoms with Crippen molar-refractivity contribution in [1.82, 2.24) is 9.97 Å². The molecule has 0 saturated carbocycles. The van der Waals surface area contributed by atoms with Crippen LogP contribution in [0.4, 0.5) is 0 Å². The van der Waals surface area contributed by atoms with E-state index in [0.29, 0.717) is 5.02 Å². The molecule has 0 bridgehead atoms. The minimum atomic E-state index is 0.699. The van der Waals surface area contributed by atoms with Crippen LogP contribution in [-0.4, -0.2) is 16.2 Å². The first-order valence-corrected chi connectivity index (χ1v) is 5.37. The monoisotopic (exact) mass is 210 g/mol. The Bertz CT molecular complexity index is 445. The second-order valence-electron chi connectivity index (χ2n) is 2.53. The lowest BCUT2D eigenvalue weighted by Gasteiger charge is -1.99. The van der Waals surface area contributed by atoms with Gasteiger partial charge in [0.2, 0.25) is 0 Å². The quantitative estimate of drug-likeness (QED) is 0.535. The lowest BCUT2D eigenvalue weighted by molar-refractivity contribution is 1.01. The Morgan fingerprint density at radius 3 is 3.00 bits per heavy atom. The van der Waals surface area contributed by atoms with Crippen LogP contribution < -0.4 is 0 Å². The van der Waals surface area contributed by atoms with Crippen molar-refractivity contribution in [3.05, 3.63) is 29.4 Å². The second-order valence-corrected chi connectivity index (χ2v) is 3.71. The zero-order valence-corrected chi connectivity index (χ0v) is 8.56. The van der Waals surface area contributed by atoms with E-state index in [2.05, 4.69) is 9.97 Å². The minimum Gasteiger partial charge on any atom is -0.230 e. The number of thioether (sulfide) groups is 1. The molecule has 0 radical (unpaired) electrons. The highest BCUT2D eigenvalue weighted by atomic mass is 35.5. The number of nitrogens with zero attached hydrogens (tertiary/aromatic N) is 2. The van der Waals surface area contributed by atoms with Gasteiger partial charge < -0.3 is 0 Å². The van der Waals surface area contributed by atoms with Gasteiger partial charge in [0, 0.05) is 11.6 Å². The third-order valence-electron chi connectivity index (χ3n) is 1.73. The molecule has 0 fully saturated rings. The molecule has 0 amide bonds. The van der Waals surface area contributed by atoms with Crippen molar-refractivity contribution in [2.24, 2.45) is 0 Å². The van der Waals surface area contributed by atoms with Gasteiger partial charge in [0.1, 0.15) is 0 Å².